The first-order chi connectivity index (χ1) is 8.75. The number of likely N-dealkylation sites (tertiary alicyclic amines) is 1. The van der Waals surface area contributed by atoms with Gasteiger partial charge in [-0.05, 0) is 37.3 Å². The van der Waals surface area contributed by atoms with Crippen molar-refractivity contribution in [1.82, 2.24) is 4.90 Å². The number of hydrogen-bond donors (Lipinski definition) is 0. The Morgan fingerprint density at radius 2 is 1.89 bits per heavy atom. The first-order valence-corrected chi connectivity index (χ1v) is 7.09. The molecule has 0 N–H and O–H groups in total. The van der Waals surface area contributed by atoms with Crippen LogP contribution in [0.3, 0.4) is 0 Å². The summed E-state index contributed by atoms with van der Waals surface area (Å²) in [5.41, 5.74) is 2.23. The zero-order valence-corrected chi connectivity index (χ0v) is 11.1. The van der Waals surface area contributed by atoms with Crippen LogP contribution in [0.4, 0.5) is 0 Å². The molecule has 1 aliphatic heterocycles. The van der Waals surface area contributed by atoms with E-state index in [2.05, 4.69) is 36.1 Å². The molecule has 1 atom stereocenters. The summed E-state index contributed by atoms with van der Waals surface area (Å²) in [5.74, 6) is 0.447. The zero-order valence-electron chi connectivity index (χ0n) is 11.1. The smallest absolute Gasteiger partial charge is 0.157 e. The number of ketones is 1. The van der Waals surface area contributed by atoms with Crippen LogP contribution in [0.2, 0.25) is 0 Å². The van der Waals surface area contributed by atoms with Crippen LogP contribution in [-0.4, -0.2) is 23.8 Å². The third-order valence-electron chi connectivity index (χ3n) is 4.64. The van der Waals surface area contributed by atoms with Crippen molar-refractivity contribution in [2.75, 3.05) is 13.1 Å². The highest BCUT2D eigenvalue weighted by Gasteiger charge is 2.48. The van der Waals surface area contributed by atoms with E-state index in [1.54, 1.807) is 0 Å². The summed E-state index contributed by atoms with van der Waals surface area (Å²) < 4.78 is 0. The Morgan fingerprint density at radius 3 is 2.50 bits per heavy atom. The fraction of sp³-hybridized carbons (Fsp3) is 0.562. The van der Waals surface area contributed by atoms with Gasteiger partial charge in [-0.2, -0.15) is 0 Å². The summed E-state index contributed by atoms with van der Waals surface area (Å²) in [4.78, 5) is 15.1. The number of hydrogen-bond acceptors (Lipinski definition) is 2. The maximum atomic E-state index is 12.7. The Balaban J connectivity index is 2.09. The minimum atomic E-state index is -0.290. The maximum absolute atomic E-state index is 12.7. The van der Waals surface area contributed by atoms with Gasteiger partial charge in [0.1, 0.15) is 5.54 Å². The molecule has 1 aromatic carbocycles. The molecular formula is C16H21NO. The lowest BCUT2D eigenvalue weighted by Gasteiger charge is -2.50. The molecule has 18 heavy (non-hydrogen) atoms. The molecule has 1 heterocycles. The summed E-state index contributed by atoms with van der Waals surface area (Å²) in [7, 11) is 0. The lowest BCUT2D eigenvalue weighted by Crippen LogP contribution is -2.58. The quantitative estimate of drug-likeness (QED) is 0.795. The number of rotatable bonds is 2. The summed E-state index contributed by atoms with van der Waals surface area (Å²) in [6.45, 7) is 4.30. The Labute approximate surface area is 109 Å². The van der Waals surface area contributed by atoms with E-state index < -0.39 is 0 Å². The number of aryl methyl sites for hydroxylation is 1. The van der Waals surface area contributed by atoms with Gasteiger partial charge in [-0.15, -0.1) is 0 Å². The minimum Gasteiger partial charge on any atom is -0.297 e. The molecule has 0 radical (unpaired) electrons. The third kappa shape index (κ3) is 1.63. The van der Waals surface area contributed by atoms with E-state index in [0.717, 1.165) is 32.4 Å². The average Bonchev–Trinajstić information content (AvgIpc) is 2.30. The molecule has 1 aliphatic carbocycles. The average molecular weight is 243 g/mol. The van der Waals surface area contributed by atoms with E-state index in [1.165, 1.54) is 24.0 Å². The second-order valence-electron chi connectivity index (χ2n) is 5.65. The molecule has 0 amide bonds. The van der Waals surface area contributed by atoms with Gasteiger partial charge in [-0.1, -0.05) is 30.7 Å². The van der Waals surface area contributed by atoms with E-state index in [0.29, 0.717) is 5.78 Å². The van der Waals surface area contributed by atoms with Gasteiger partial charge in [-0.25, -0.2) is 0 Å². The molecule has 2 nitrogen and oxygen atoms in total. The summed E-state index contributed by atoms with van der Waals surface area (Å²) in [6.07, 6.45) is 5.25. The predicted molar refractivity (Wildman–Crippen MR) is 72.5 cm³/mol. The molecule has 0 aromatic heterocycles. The number of nitrogens with zero attached hydrogens (tertiary/aromatic N) is 1. The van der Waals surface area contributed by atoms with E-state index in [4.69, 9.17) is 0 Å². The van der Waals surface area contributed by atoms with Crippen LogP contribution in [0.15, 0.2) is 24.3 Å². The molecule has 2 fully saturated rings. The maximum Gasteiger partial charge on any atom is 0.157 e. The largest absolute Gasteiger partial charge is 0.297 e. The van der Waals surface area contributed by atoms with Gasteiger partial charge >= 0.3 is 0 Å². The zero-order chi connectivity index (χ0) is 12.6. The third-order valence-corrected chi connectivity index (χ3v) is 4.64. The van der Waals surface area contributed by atoms with Gasteiger partial charge in [0.15, 0.2) is 5.78 Å². The van der Waals surface area contributed by atoms with Crippen molar-refractivity contribution in [2.24, 2.45) is 0 Å². The van der Waals surface area contributed by atoms with Crippen LogP contribution in [0.1, 0.15) is 43.2 Å². The molecule has 1 saturated carbocycles. The van der Waals surface area contributed by atoms with Gasteiger partial charge < -0.3 is 0 Å². The van der Waals surface area contributed by atoms with Crippen molar-refractivity contribution >= 4 is 5.78 Å². The lowest BCUT2D eigenvalue weighted by molar-refractivity contribution is -0.138. The van der Waals surface area contributed by atoms with Gasteiger partial charge in [0.25, 0.3) is 0 Å². The van der Waals surface area contributed by atoms with Crippen molar-refractivity contribution in [2.45, 2.75) is 44.6 Å². The SMILES string of the molecule is Cc1ccccc1C1(N2CCC2)CCCCC1=O. The molecule has 1 unspecified atom stereocenters. The predicted octanol–water partition coefficient (Wildman–Crippen LogP) is 3.04. The fourth-order valence-corrected chi connectivity index (χ4v) is 3.54. The molecule has 2 aliphatic rings. The number of carbonyl (C=O) groups excluding carboxylic acids is 1. The van der Waals surface area contributed by atoms with Crippen molar-refractivity contribution in [1.29, 1.82) is 0 Å². The Bertz CT molecular complexity index is 464. The highest BCUT2D eigenvalue weighted by Crippen LogP contribution is 2.43. The van der Waals surface area contributed by atoms with Crippen LogP contribution in [-0.2, 0) is 10.3 Å². The lowest BCUT2D eigenvalue weighted by atomic mass is 9.71. The number of Topliss-reactive ketones (excluding diaryl/α,β-unsaturated/α-hetero) is 1. The van der Waals surface area contributed by atoms with Gasteiger partial charge in [0.2, 0.25) is 0 Å². The second-order valence-corrected chi connectivity index (χ2v) is 5.65. The van der Waals surface area contributed by atoms with Crippen molar-refractivity contribution < 1.29 is 4.79 Å². The van der Waals surface area contributed by atoms with E-state index in [1.807, 2.05) is 0 Å². The molecule has 0 bridgehead atoms. The van der Waals surface area contributed by atoms with Crippen LogP contribution in [0.25, 0.3) is 0 Å². The molecule has 1 saturated heterocycles. The molecule has 1 aromatic rings. The second kappa shape index (κ2) is 4.51. The number of carbonyl (C=O) groups is 1. The molecule has 96 valence electrons. The van der Waals surface area contributed by atoms with Crippen LogP contribution in [0, 0.1) is 6.92 Å². The first kappa shape index (κ1) is 11.9. The number of benzene rings is 1. The van der Waals surface area contributed by atoms with Crippen LogP contribution in [0.5, 0.6) is 0 Å². The van der Waals surface area contributed by atoms with Crippen LogP contribution < -0.4 is 0 Å². The molecular weight excluding hydrogens is 222 g/mol. The summed E-state index contributed by atoms with van der Waals surface area (Å²) in [6, 6.07) is 8.44. The van der Waals surface area contributed by atoms with Gasteiger partial charge in [0, 0.05) is 19.5 Å². The molecule has 0 spiro atoms. The van der Waals surface area contributed by atoms with Gasteiger partial charge in [-0.3, -0.25) is 9.69 Å². The van der Waals surface area contributed by atoms with E-state index in [-0.39, 0.29) is 5.54 Å². The highest BCUT2D eigenvalue weighted by atomic mass is 16.1. The molecule has 3 rings (SSSR count). The summed E-state index contributed by atoms with van der Waals surface area (Å²) in [5, 5.41) is 0. The van der Waals surface area contributed by atoms with Crippen LogP contribution >= 0.6 is 0 Å². The standard InChI is InChI=1S/C16H21NO/c1-13-7-2-3-8-14(13)16(17-11-6-12-17)10-5-4-9-15(16)18/h2-3,7-8H,4-6,9-12H2,1H3. The van der Waals surface area contributed by atoms with Gasteiger partial charge in [0.05, 0.1) is 0 Å². The first-order valence-electron chi connectivity index (χ1n) is 7.09. The topological polar surface area (TPSA) is 20.3 Å². The Kier molecular flexibility index (Phi) is 2.98. The van der Waals surface area contributed by atoms with E-state index >= 15 is 0 Å². The van der Waals surface area contributed by atoms with Crippen molar-refractivity contribution in [3.05, 3.63) is 35.4 Å². The van der Waals surface area contributed by atoms with E-state index in [9.17, 15) is 4.79 Å². The molecule has 2 heteroatoms. The Morgan fingerprint density at radius 1 is 1.11 bits per heavy atom. The Hall–Kier alpha value is -1.15. The monoisotopic (exact) mass is 243 g/mol. The normalized spacial score (nSPS) is 29.1. The minimum absolute atomic E-state index is 0.290. The fourth-order valence-electron chi connectivity index (χ4n) is 3.54. The summed E-state index contributed by atoms with van der Waals surface area (Å²) >= 11 is 0. The van der Waals surface area contributed by atoms with Crippen molar-refractivity contribution in [3.8, 4) is 0 Å². The van der Waals surface area contributed by atoms with Crippen molar-refractivity contribution in [3.63, 3.8) is 0 Å². The highest BCUT2D eigenvalue weighted by molar-refractivity contribution is 5.90.